The maximum Gasteiger partial charge on any atom is 0.186 e. The van der Waals surface area contributed by atoms with Crippen LogP contribution in [0.25, 0.3) is 0 Å². The van der Waals surface area contributed by atoms with Crippen LogP contribution in [0, 0.1) is 5.92 Å². The van der Waals surface area contributed by atoms with Crippen LogP contribution in [0.1, 0.15) is 13.8 Å². The third-order valence-electron chi connectivity index (χ3n) is 2.87. The van der Waals surface area contributed by atoms with Gasteiger partial charge < -0.3 is 19.3 Å². The highest BCUT2D eigenvalue weighted by Crippen LogP contribution is 2.27. The molecule has 0 aromatic carbocycles. The lowest BCUT2D eigenvalue weighted by Crippen LogP contribution is -2.54. The summed E-state index contributed by atoms with van der Waals surface area (Å²) in [5.74, 6) is 0.0335. The Hall–Kier alpha value is -0.420. The number of aliphatic hydroxyl groups is 1. The van der Waals surface area contributed by atoms with E-state index in [1.54, 1.807) is 13.2 Å². The highest BCUT2D eigenvalue weighted by molar-refractivity contribution is 4.86. The number of hydrogen-bond acceptors (Lipinski definition) is 4. The molecule has 1 N–H and O–H groups in total. The van der Waals surface area contributed by atoms with Gasteiger partial charge in [-0.3, -0.25) is 0 Å². The van der Waals surface area contributed by atoms with Gasteiger partial charge in [0, 0.05) is 13.0 Å². The van der Waals surface area contributed by atoms with Gasteiger partial charge in [-0.15, -0.1) is 6.58 Å². The molecule has 15 heavy (non-hydrogen) atoms. The highest BCUT2D eigenvalue weighted by atomic mass is 16.7. The summed E-state index contributed by atoms with van der Waals surface area (Å²) >= 11 is 0. The topological polar surface area (TPSA) is 47.9 Å². The standard InChI is InChI=1S/C11H20O4/c1-5-6-14-10-9(12)7(2)8(3)15-11(10)13-4/h5,7-12H,1,6H2,2-4H3/t7-,8?,9?,10?,11?/m1/s1. The van der Waals surface area contributed by atoms with Crippen molar-refractivity contribution in [3.8, 4) is 0 Å². The minimum Gasteiger partial charge on any atom is -0.390 e. The van der Waals surface area contributed by atoms with Crippen LogP contribution in [-0.2, 0) is 14.2 Å². The third kappa shape index (κ3) is 2.78. The van der Waals surface area contributed by atoms with Gasteiger partial charge in [0.15, 0.2) is 6.29 Å². The Morgan fingerprint density at radius 2 is 2.13 bits per heavy atom. The van der Waals surface area contributed by atoms with E-state index in [0.29, 0.717) is 6.61 Å². The first kappa shape index (κ1) is 12.6. The number of aliphatic hydroxyl groups excluding tert-OH is 1. The van der Waals surface area contributed by atoms with Crippen molar-refractivity contribution in [1.29, 1.82) is 0 Å². The van der Waals surface area contributed by atoms with Crippen molar-refractivity contribution in [3.05, 3.63) is 12.7 Å². The first-order valence-electron chi connectivity index (χ1n) is 5.20. The molecule has 88 valence electrons. The van der Waals surface area contributed by atoms with Crippen LogP contribution >= 0.6 is 0 Å². The molecule has 0 radical (unpaired) electrons. The number of methoxy groups -OCH3 is 1. The average Bonchev–Trinajstić information content (AvgIpc) is 2.24. The Morgan fingerprint density at radius 3 is 2.67 bits per heavy atom. The Labute approximate surface area is 90.8 Å². The molecule has 1 aliphatic rings. The molecule has 1 fully saturated rings. The van der Waals surface area contributed by atoms with Crippen molar-refractivity contribution in [2.24, 2.45) is 5.92 Å². The maximum atomic E-state index is 10.0. The summed E-state index contributed by atoms with van der Waals surface area (Å²) in [5.41, 5.74) is 0. The first-order chi connectivity index (χ1) is 7.11. The summed E-state index contributed by atoms with van der Waals surface area (Å²) in [7, 11) is 1.55. The number of rotatable bonds is 4. The Kier molecular flexibility index (Phi) is 4.73. The molecule has 0 spiro atoms. The van der Waals surface area contributed by atoms with Crippen LogP contribution in [0.2, 0.25) is 0 Å². The molecule has 4 unspecified atom stereocenters. The van der Waals surface area contributed by atoms with E-state index in [1.165, 1.54) is 0 Å². The Balaban J connectivity index is 2.65. The molecule has 0 aromatic rings. The lowest BCUT2D eigenvalue weighted by atomic mass is 9.91. The lowest BCUT2D eigenvalue weighted by molar-refractivity contribution is -0.280. The summed E-state index contributed by atoms with van der Waals surface area (Å²) in [6.45, 7) is 7.80. The van der Waals surface area contributed by atoms with Gasteiger partial charge in [0.05, 0.1) is 18.8 Å². The molecule has 0 aromatic heterocycles. The summed E-state index contributed by atoms with van der Waals surface area (Å²) in [6, 6.07) is 0. The molecule has 4 nitrogen and oxygen atoms in total. The molecule has 0 amide bonds. The van der Waals surface area contributed by atoms with Crippen molar-refractivity contribution >= 4 is 0 Å². The van der Waals surface area contributed by atoms with Crippen molar-refractivity contribution in [2.45, 2.75) is 38.4 Å². The second-order valence-electron chi connectivity index (χ2n) is 3.88. The normalized spacial score (nSPS) is 41.5. The van der Waals surface area contributed by atoms with Gasteiger partial charge >= 0.3 is 0 Å². The monoisotopic (exact) mass is 216 g/mol. The van der Waals surface area contributed by atoms with Crippen molar-refractivity contribution in [3.63, 3.8) is 0 Å². The van der Waals surface area contributed by atoms with E-state index >= 15 is 0 Å². The van der Waals surface area contributed by atoms with Crippen molar-refractivity contribution in [1.82, 2.24) is 0 Å². The van der Waals surface area contributed by atoms with Crippen LogP contribution in [0.5, 0.6) is 0 Å². The molecule has 0 bridgehead atoms. The van der Waals surface area contributed by atoms with E-state index in [1.807, 2.05) is 13.8 Å². The zero-order valence-electron chi connectivity index (χ0n) is 9.55. The van der Waals surface area contributed by atoms with E-state index in [4.69, 9.17) is 14.2 Å². The van der Waals surface area contributed by atoms with Crippen LogP contribution in [0.4, 0.5) is 0 Å². The second-order valence-corrected chi connectivity index (χ2v) is 3.88. The van der Waals surface area contributed by atoms with E-state index in [2.05, 4.69) is 6.58 Å². The van der Waals surface area contributed by atoms with E-state index in [9.17, 15) is 5.11 Å². The summed E-state index contributed by atoms with van der Waals surface area (Å²) in [4.78, 5) is 0. The van der Waals surface area contributed by atoms with Gasteiger partial charge in [-0.05, 0) is 6.92 Å². The molecule has 1 saturated heterocycles. The van der Waals surface area contributed by atoms with Crippen molar-refractivity contribution < 1.29 is 19.3 Å². The number of ether oxygens (including phenoxy) is 3. The fraction of sp³-hybridized carbons (Fsp3) is 0.818. The zero-order valence-corrected chi connectivity index (χ0v) is 9.55. The fourth-order valence-corrected chi connectivity index (χ4v) is 1.70. The molecule has 4 heteroatoms. The average molecular weight is 216 g/mol. The molecule has 0 aliphatic carbocycles. The summed E-state index contributed by atoms with van der Waals surface area (Å²) in [6.07, 6.45) is 0.0832. The second kappa shape index (κ2) is 5.61. The SMILES string of the molecule is C=CCOC1C(OC)OC(C)[C@@H](C)C1O. The van der Waals surface area contributed by atoms with E-state index in [0.717, 1.165) is 0 Å². The van der Waals surface area contributed by atoms with Gasteiger partial charge in [0.1, 0.15) is 6.10 Å². The largest absolute Gasteiger partial charge is 0.390 e. The minimum atomic E-state index is -0.571. The van der Waals surface area contributed by atoms with Crippen LogP contribution in [0.15, 0.2) is 12.7 Å². The van der Waals surface area contributed by atoms with Crippen LogP contribution in [-0.4, -0.2) is 43.4 Å². The van der Waals surface area contributed by atoms with Gasteiger partial charge in [-0.2, -0.15) is 0 Å². The highest BCUT2D eigenvalue weighted by Gasteiger charge is 2.42. The van der Waals surface area contributed by atoms with Gasteiger partial charge in [-0.1, -0.05) is 13.0 Å². The lowest BCUT2D eigenvalue weighted by Gasteiger charge is -2.41. The molecular formula is C11H20O4. The van der Waals surface area contributed by atoms with Crippen LogP contribution < -0.4 is 0 Å². The number of hydrogen-bond donors (Lipinski definition) is 1. The predicted octanol–water partition coefficient (Wildman–Crippen LogP) is 0.946. The fourth-order valence-electron chi connectivity index (χ4n) is 1.70. The molecule has 0 saturated carbocycles. The molecule has 1 heterocycles. The molecule has 5 atom stereocenters. The van der Waals surface area contributed by atoms with Crippen LogP contribution in [0.3, 0.4) is 0 Å². The van der Waals surface area contributed by atoms with E-state index < -0.39 is 18.5 Å². The maximum absolute atomic E-state index is 10.0. The van der Waals surface area contributed by atoms with Gasteiger partial charge in [0.2, 0.25) is 0 Å². The third-order valence-corrected chi connectivity index (χ3v) is 2.87. The Bertz CT molecular complexity index is 205. The Morgan fingerprint density at radius 1 is 1.47 bits per heavy atom. The summed E-state index contributed by atoms with van der Waals surface area (Å²) < 4.78 is 16.2. The van der Waals surface area contributed by atoms with E-state index in [-0.39, 0.29) is 12.0 Å². The smallest absolute Gasteiger partial charge is 0.186 e. The quantitative estimate of drug-likeness (QED) is 0.711. The molecular weight excluding hydrogens is 196 g/mol. The van der Waals surface area contributed by atoms with Gasteiger partial charge in [0.25, 0.3) is 0 Å². The minimum absolute atomic E-state index is 0.0335. The van der Waals surface area contributed by atoms with Crippen molar-refractivity contribution in [2.75, 3.05) is 13.7 Å². The molecule has 1 rings (SSSR count). The predicted molar refractivity (Wildman–Crippen MR) is 56.5 cm³/mol. The summed E-state index contributed by atoms with van der Waals surface area (Å²) in [5, 5.41) is 10.0. The van der Waals surface area contributed by atoms with Gasteiger partial charge in [-0.25, -0.2) is 0 Å². The zero-order chi connectivity index (χ0) is 11.4. The molecule has 1 aliphatic heterocycles. The first-order valence-corrected chi connectivity index (χ1v) is 5.20.